The van der Waals surface area contributed by atoms with Crippen LogP contribution < -0.4 is 0 Å². The van der Waals surface area contributed by atoms with E-state index in [0.717, 1.165) is 5.56 Å². The van der Waals surface area contributed by atoms with E-state index in [0.29, 0.717) is 6.42 Å². The Morgan fingerprint density at radius 2 is 2.07 bits per heavy atom. The lowest BCUT2D eigenvalue weighted by molar-refractivity contribution is -0.144. The fourth-order valence-corrected chi connectivity index (χ4v) is 1.33. The van der Waals surface area contributed by atoms with E-state index in [1.165, 1.54) is 19.2 Å². The summed E-state index contributed by atoms with van der Waals surface area (Å²) in [5.41, 5.74) is 0.781. The smallest absolute Gasteiger partial charge is 0.308 e. The van der Waals surface area contributed by atoms with Gasteiger partial charge < -0.3 is 14.9 Å². The Morgan fingerprint density at radius 1 is 1.40 bits per heavy atom. The summed E-state index contributed by atoms with van der Waals surface area (Å²) in [7, 11) is 1.34. The lowest BCUT2D eigenvalue weighted by Gasteiger charge is -2.09. The SMILES string of the molecule is COC(=O)C(C)Cc1ccc(O)c(O)c1. The summed E-state index contributed by atoms with van der Waals surface area (Å²) in [6, 6.07) is 4.50. The number of carbonyl (C=O) groups excluding carboxylic acids is 1. The van der Waals surface area contributed by atoms with Crippen molar-refractivity contribution in [2.75, 3.05) is 7.11 Å². The van der Waals surface area contributed by atoms with E-state index in [2.05, 4.69) is 4.74 Å². The van der Waals surface area contributed by atoms with Crippen LogP contribution in [0.25, 0.3) is 0 Å². The molecule has 1 aromatic carbocycles. The van der Waals surface area contributed by atoms with Crippen molar-refractivity contribution in [2.24, 2.45) is 5.92 Å². The highest BCUT2D eigenvalue weighted by molar-refractivity contribution is 5.72. The molecule has 15 heavy (non-hydrogen) atoms. The number of methoxy groups -OCH3 is 1. The lowest BCUT2D eigenvalue weighted by atomic mass is 10.0. The van der Waals surface area contributed by atoms with Gasteiger partial charge in [-0.1, -0.05) is 13.0 Å². The van der Waals surface area contributed by atoms with E-state index in [-0.39, 0.29) is 23.4 Å². The van der Waals surface area contributed by atoms with E-state index >= 15 is 0 Å². The Balaban J connectivity index is 2.73. The first-order chi connectivity index (χ1) is 7.04. The van der Waals surface area contributed by atoms with Gasteiger partial charge in [-0.3, -0.25) is 4.79 Å². The number of carbonyl (C=O) groups is 1. The van der Waals surface area contributed by atoms with E-state index in [9.17, 15) is 9.90 Å². The molecule has 0 aliphatic heterocycles. The second-order valence-corrected chi connectivity index (χ2v) is 3.45. The zero-order chi connectivity index (χ0) is 11.4. The van der Waals surface area contributed by atoms with Crippen LogP contribution >= 0.6 is 0 Å². The highest BCUT2D eigenvalue weighted by Gasteiger charge is 2.14. The molecule has 0 aliphatic rings. The van der Waals surface area contributed by atoms with Gasteiger partial charge in [0.05, 0.1) is 13.0 Å². The van der Waals surface area contributed by atoms with Crippen LogP contribution in [-0.2, 0) is 16.0 Å². The van der Waals surface area contributed by atoms with Crippen LogP contribution in [0.5, 0.6) is 11.5 Å². The lowest BCUT2D eigenvalue weighted by Crippen LogP contribution is -2.14. The molecule has 0 saturated carbocycles. The molecule has 2 N–H and O–H groups in total. The van der Waals surface area contributed by atoms with Crippen molar-refractivity contribution in [3.63, 3.8) is 0 Å². The molecule has 1 rings (SSSR count). The van der Waals surface area contributed by atoms with Crippen molar-refractivity contribution in [2.45, 2.75) is 13.3 Å². The number of aromatic hydroxyl groups is 2. The van der Waals surface area contributed by atoms with Crippen LogP contribution in [0, 0.1) is 5.92 Å². The minimum absolute atomic E-state index is 0.163. The third kappa shape index (κ3) is 2.87. The molecule has 82 valence electrons. The second-order valence-electron chi connectivity index (χ2n) is 3.45. The number of phenolic OH excluding ortho intramolecular Hbond substituents is 2. The van der Waals surface area contributed by atoms with E-state index in [4.69, 9.17) is 5.11 Å². The predicted molar refractivity (Wildman–Crippen MR) is 54.7 cm³/mol. The molecule has 0 saturated heterocycles. The first kappa shape index (κ1) is 11.4. The van der Waals surface area contributed by atoms with Gasteiger partial charge in [-0.25, -0.2) is 0 Å². The summed E-state index contributed by atoms with van der Waals surface area (Å²) in [4.78, 5) is 11.1. The van der Waals surface area contributed by atoms with Gasteiger partial charge in [0.1, 0.15) is 0 Å². The van der Waals surface area contributed by atoms with Gasteiger partial charge in [-0.05, 0) is 24.1 Å². The van der Waals surface area contributed by atoms with Crippen LogP contribution in [0.4, 0.5) is 0 Å². The number of hydrogen-bond donors (Lipinski definition) is 2. The maximum Gasteiger partial charge on any atom is 0.308 e. The first-order valence-corrected chi connectivity index (χ1v) is 4.63. The normalized spacial score (nSPS) is 12.1. The van der Waals surface area contributed by atoms with Crippen molar-refractivity contribution in [1.82, 2.24) is 0 Å². The van der Waals surface area contributed by atoms with Crippen LogP contribution in [0.1, 0.15) is 12.5 Å². The van der Waals surface area contributed by atoms with E-state index in [1.54, 1.807) is 13.0 Å². The summed E-state index contributed by atoms with van der Waals surface area (Å²) in [5, 5.41) is 18.3. The Labute approximate surface area is 88.1 Å². The zero-order valence-electron chi connectivity index (χ0n) is 8.73. The molecular formula is C11H14O4. The van der Waals surface area contributed by atoms with Crippen LogP contribution in [-0.4, -0.2) is 23.3 Å². The van der Waals surface area contributed by atoms with Crippen molar-refractivity contribution >= 4 is 5.97 Å². The monoisotopic (exact) mass is 210 g/mol. The van der Waals surface area contributed by atoms with Gasteiger partial charge in [0.25, 0.3) is 0 Å². The Bertz CT molecular complexity index is 360. The van der Waals surface area contributed by atoms with Crippen molar-refractivity contribution < 1.29 is 19.7 Å². The molecule has 1 unspecified atom stereocenters. The average molecular weight is 210 g/mol. The minimum atomic E-state index is -0.289. The van der Waals surface area contributed by atoms with E-state index in [1.807, 2.05) is 0 Å². The average Bonchev–Trinajstić information content (AvgIpc) is 2.22. The summed E-state index contributed by atoms with van der Waals surface area (Å²) < 4.78 is 4.59. The molecular weight excluding hydrogens is 196 g/mol. The van der Waals surface area contributed by atoms with Crippen LogP contribution in [0.2, 0.25) is 0 Å². The third-order valence-electron chi connectivity index (χ3n) is 2.19. The second kappa shape index (κ2) is 4.68. The van der Waals surface area contributed by atoms with E-state index < -0.39 is 0 Å². The Hall–Kier alpha value is -1.71. The molecule has 1 atom stereocenters. The summed E-state index contributed by atoms with van der Waals surface area (Å²) in [5.74, 6) is -0.893. The maximum absolute atomic E-state index is 11.1. The number of rotatable bonds is 3. The number of hydrogen-bond acceptors (Lipinski definition) is 4. The highest BCUT2D eigenvalue weighted by atomic mass is 16.5. The number of benzene rings is 1. The Morgan fingerprint density at radius 3 is 2.60 bits per heavy atom. The Kier molecular flexibility index (Phi) is 3.55. The van der Waals surface area contributed by atoms with Crippen molar-refractivity contribution in [1.29, 1.82) is 0 Å². The molecule has 4 nitrogen and oxygen atoms in total. The summed E-state index contributed by atoms with van der Waals surface area (Å²) in [6.45, 7) is 1.75. The number of esters is 1. The minimum Gasteiger partial charge on any atom is -0.504 e. The van der Waals surface area contributed by atoms with Crippen LogP contribution in [0.15, 0.2) is 18.2 Å². The van der Waals surface area contributed by atoms with Gasteiger partial charge in [0.2, 0.25) is 0 Å². The predicted octanol–water partition coefficient (Wildman–Crippen LogP) is 1.45. The summed E-state index contributed by atoms with van der Waals surface area (Å²) >= 11 is 0. The summed E-state index contributed by atoms with van der Waals surface area (Å²) in [6.07, 6.45) is 0.473. The zero-order valence-corrected chi connectivity index (χ0v) is 8.73. The largest absolute Gasteiger partial charge is 0.504 e. The standard InChI is InChI=1S/C11H14O4/c1-7(11(14)15-2)5-8-3-4-9(12)10(13)6-8/h3-4,6-7,12-13H,5H2,1-2H3. The first-order valence-electron chi connectivity index (χ1n) is 4.63. The molecule has 0 aliphatic carbocycles. The fourth-order valence-electron chi connectivity index (χ4n) is 1.33. The maximum atomic E-state index is 11.1. The fraction of sp³-hybridized carbons (Fsp3) is 0.364. The molecule has 1 aromatic rings. The van der Waals surface area contributed by atoms with Gasteiger partial charge >= 0.3 is 5.97 Å². The van der Waals surface area contributed by atoms with Crippen LogP contribution in [0.3, 0.4) is 0 Å². The molecule has 0 aromatic heterocycles. The van der Waals surface area contributed by atoms with Crippen molar-refractivity contribution in [3.05, 3.63) is 23.8 Å². The number of phenols is 2. The van der Waals surface area contributed by atoms with Gasteiger partial charge in [-0.15, -0.1) is 0 Å². The topological polar surface area (TPSA) is 66.8 Å². The molecule has 0 heterocycles. The van der Waals surface area contributed by atoms with Crippen molar-refractivity contribution in [3.8, 4) is 11.5 Å². The third-order valence-corrected chi connectivity index (χ3v) is 2.19. The molecule has 0 fully saturated rings. The molecule has 4 heteroatoms. The highest BCUT2D eigenvalue weighted by Crippen LogP contribution is 2.26. The van der Waals surface area contributed by atoms with Gasteiger partial charge in [0, 0.05) is 0 Å². The molecule has 0 spiro atoms. The number of ether oxygens (including phenoxy) is 1. The van der Waals surface area contributed by atoms with Gasteiger partial charge in [-0.2, -0.15) is 0 Å². The quantitative estimate of drug-likeness (QED) is 0.585. The molecule has 0 radical (unpaired) electrons. The molecule has 0 amide bonds. The van der Waals surface area contributed by atoms with Gasteiger partial charge in [0.15, 0.2) is 11.5 Å². The molecule has 0 bridgehead atoms.